The summed E-state index contributed by atoms with van der Waals surface area (Å²) in [6.45, 7) is 3.69. The van der Waals surface area contributed by atoms with Crippen LogP contribution in [-0.4, -0.2) is 36.5 Å². The molecule has 1 aliphatic rings. The number of aryl methyl sites for hydroxylation is 1. The van der Waals surface area contributed by atoms with Gasteiger partial charge in [-0.15, -0.1) is 0 Å². The molecule has 8 heteroatoms. The first-order valence-corrected chi connectivity index (χ1v) is 10.5. The van der Waals surface area contributed by atoms with E-state index in [1.165, 1.54) is 23.8 Å². The lowest BCUT2D eigenvalue weighted by molar-refractivity contribution is -0.145. The van der Waals surface area contributed by atoms with E-state index in [2.05, 4.69) is 0 Å². The normalized spacial score (nSPS) is 14.9. The third-order valence-electron chi connectivity index (χ3n) is 4.21. The molecule has 30 heavy (non-hydrogen) atoms. The predicted molar refractivity (Wildman–Crippen MR) is 122 cm³/mol. The molecule has 1 amide bonds. The first-order valence-electron chi connectivity index (χ1n) is 9.24. The molecule has 1 saturated heterocycles. The van der Waals surface area contributed by atoms with Crippen LogP contribution in [0.1, 0.15) is 18.1 Å². The number of hydrogen-bond donors (Lipinski definition) is 0. The van der Waals surface area contributed by atoms with E-state index in [4.69, 9.17) is 26.4 Å². The Hall–Kier alpha value is -2.84. The van der Waals surface area contributed by atoms with Crippen LogP contribution in [0.4, 0.5) is 5.69 Å². The van der Waals surface area contributed by atoms with E-state index in [9.17, 15) is 9.59 Å². The Morgan fingerprint density at radius 1 is 1.23 bits per heavy atom. The Bertz CT molecular complexity index is 1020. The number of hydrogen-bond acceptors (Lipinski definition) is 7. The number of thiocarbonyl (C=S) groups is 1. The zero-order valence-corrected chi connectivity index (χ0v) is 18.5. The summed E-state index contributed by atoms with van der Waals surface area (Å²) >= 11 is 6.66. The van der Waals surface area contributed by atoms with Crippen LogP contribution in [0.2, 0.25) is 0 Å². The van der Waals surface area contributed by atoms with Crippen LogP contribution >= 0.6 is 24.0 Å². The van der Waals surface area contributed by atoms with Crippen molar-refractivity contribution >= 4 is 51.9 Å². The second kappa shape index (κ2) is 9.77. The second-order valence-electron chi connectivity index (χ2n) is 6.33. The maximum Gasteiger partial charge on any atom is 0.344 e. The summed E-state index contributed by atoms with van der Waals surface area (Å²) in [5.74, 6) is 0.103. The van der Waals surface area contributed by atoms with E-state index in [0.29, 0.717) is 26.3 Å². The number of amides is 1. The van der Waals surface area contributed by atoms with Crippen LogP contribution in [0.25, 0.3) is 6.08 Å². The van der Waals surface area contributed by atoms with Gasteiger partial charge in [-0.05, 0) is 43.7 Å². The van der Waals surface area contributed by atoms with Crippen molar-refractivity contribution in [2.75, 3.05) is 25.2 Å². The van der Waals surface area contributed by atoms with Crippen LogP contribution in [0.5, 0.6) is 11.5 Å². The number of thioether (sulfide) groups is 1. The van der Waals surface area contributed by atoms with Gasteiger partial charge in [0.2, 0.25) is 0 Å². The highest BCUT2D eigenvalue weighted by Gasteiger charge is 2.33. The summed E-state index contributed by atoms with van der Waals surface area (Å²) in [5.41, 5.74) is 2.36. The van der Waals surface area contributed by atoms with E-state index in [1.54, 1.807) is 31.2 Å². The van der Waals surface area contributed by atoms with Gasteiger partial charge in [0.25, 0.3) is 5.91 Å². The lowest BCUT2D eigenvalue weighted by Crippen LogP contribution is -2.27. The zero-order valence-electron chi connectivity index (χ0n) is 16.8. The molecule has 156 valence electrons. The molecule has 6 nitrogen and oxygen atoms in total. The minimum absolute atomic E-state index is 0.213. The molecule has 0 spiro atoms. The van der Waals surface area contributed by atoms with Crippen molar-refractivity contribution in [3.8, 4) is 11.5 Å². The highest BCUT2D eigenvalue weighted by molar-refractivity contribution is 8.27. The lowest BCUT2D eigenvalue weighted by Gasteiger charge is -2.15. The molecule has 0 unspecified atom stereocenters. The Kier molecular flexibility index (Phi) is 7.12. The van der Waals surface area contributed by atoms with Crippen LogP contribution < -0.4 is 14.4 Å². The van der Waals surface area contributed by atoms with Crippen molar-refractivity contribution in [2.45, 2.75) is 13.8 Å². The molecule has 2 aromatic carbocycles. The molecule has 2 aromatic rings. The quantitative estimate of drug-likeness (QED) is 0.358. The fraction of sp³-hybridized carbons (Fsp3) is 0.227. The zero-order chi connectivity index (χ0) is 21.7. The van der Waals surface area contributed by atoms with Crippen molar-refractivity contribution in [1.29, 1.82) is 0 Å². The predicted octanol–water partition coefficient (Wildman–Crippen LogP) is 4.35. The van der Waals surface area contributed by atoms with Crippen LogP contribution in [0, 0.1) is 6.92 Å². The van der Waals surface area contributed by atoms with Gasteiger partial charge in [0.15, 0.2) is 22.4 Å². The van der Waals surface area contributed by atoms with Gasteiger partial charge in [-0.3, -0.25) is 9.69 Å². The van der Waals surface area contributed by atoms with Crippen LogP contribution in [0.3, 0.4) is 0 Å². The summed E-state index contributed by atoms with van der Waals surface area (Å²) in [6.07, 6.45) is 1.69. The standard InChI is InChI=1S/C22H21NO5S2/c1-4-27-19(24)13-28-20-15(8-6-10-17(20)26-3)12-18-21(25)23(22(29)30-18)16-9-5-7-14(2)11-16/h5-12H,4,13H2,1-3H3. The molecule has 1 heterocycles. The molecule has 0 atom stereocenters. The van der Waals surface area contributed by atoms with Gasteiger partial charge < -0.3 is 14.2 Å². The lowest BCUT2D eigenvalue weighted by atomic mass is 10.1. The average molecular weight is 444 g/mol. The number of para-hydroxylation sites is 1. The molecule has 0 saturated carbocycles. The first kappa shape index (κ1) is 21.9. The van der Waals surface area contributed by atoms with Crippen molar-refractivity contribution < 1.29 is 23.8 Å². The number of nitrogens with zero attached hydrogens (tertiary/aromatic N) is 1. The van der Waals surface area contributed by atoms with Crippen molar-refractivity contribution in [3.63, 3.8) is 0 Å². The molecule has 1 aliphatic heterocycles. The SMILES string of the molecule is CCOC(=O)COc1c(C=C2SC(=S)N(c3cccc(C)c3)C2=O)cccc1OC. The number of benzene rings is 2. The minimum atomic E-state index is -0.486. The van der Waals surface area contributed by atoms with Crippen LogP contribution in [-0.2, 0) is 14.3 Å². The molecule has 0 bridgehead atoms. The van der Waals surface area contributed by atoms with Gasteiger partial charge in [-0.25, -0.2) is 4.79 Å². The molecular formula is C22H21NO5S2. The molecule has 0 radical (unpaired) electrons. The third-order valence-corrected chi connectivity index (χ3v) is 5.51. The van der Waals surface area contributed by atoms with Crippen molar-refractivity contribution in [2.24, 2.45) is 0 Å². The smallest absolute Gasteiger partial charge is 0.344 e. The van der Waals surface area contributed by atoms with Gasteiger partial charge >= 0.3 is 5.97 Å². The largest absolute Gasteiger partial charge is 0.493 e. The van der Waals surface area contributed by atoms with Gasteiger partial charge in [0.05, 0.1) is 24.3 Å². The monoisotopic (exact) mass is 443 g/mol. The maximum absolute atomic E-state index is 13.1. The summed E-state index contributed by atoms with van der Waals surface area (Å²) in [5, 5.41) is 0. The molecule has 1 fully saturated rings. The number of esters is 1. The molecular weight excluding hydrogens is 422 g/mol. The highest BCUT2D eigenvalue weighted by Crippen LogP contribution is 2.39. The second-order valence-corrected chi connectivity index (χ2v) is 8.00. The van der Waals surface area contributed by atoms with Gasteiger partial charge in [0.1, 0.15) is 0 Å². The maximum atomic E-state index is 13.1. The van der Waals surface area contributed by atoms with Crippen LogP contribution in [0.15, 0.2) is 47.4 Å². The summed E-state index contributed by atoms with van der Waals surface area (Å²) in [6, 6.07) is 12.9. The highest BCUT2D eigenvalue weighted by atomic mass is 32.2. The van der Waals surface area contributed by atoms with Crippen molar-refractivity contribution in [3.05, 3.63) is 58.5 Å². The summed E-state index contributed by atoms with van der Waals surface area (Å²) in [4.78, 5) is 26.7. The number of ether oxygens (including phenoxy) is 3. The Balaban J connectivity index is 1.92. The van der Waals surface area contributed by atoms with E-state index in [0.717, 1.165) is 11.3 Å². The molecule has 0 N–H and O–H groups in total. The van der Waals surface area contributed by atoms with Gasteiger partial charge in [-0.1, -0.05) is 48.2 Å². The fourth-order valence-electron chi connectivity index (χ4n) is 2.89. The Morgan fingerprint density at radius 3 is 2.70 bits per heavy atom. The number of carbonyl (C=O) groups is 2. The number of methoxy groups -OCH3 is 1. The number of carbonyl (C=O) groups excluding carboxylic acids is 2. The summed E-state index contributed by atoms with van der Waals surface area (Å²) < 4.78 is 16.4. The molecule has 0 aliphatic carbocycles. The summed E-state index contributed by atoms with van der Waals surface area (Å²) in [7, 11) is 1.51. The minimum Gasteiger partial charge on any atom is -0.493 e. The van der Waals surface area contributed by atoms with E-state index in [-0.39, 0.29) is 19.1 Å². The fourth-order valence-corrected chi connectivity index (χ4v) is 4.18. The number of anilines is 1. The topological polar surface area (TPSA) is 65.1 Å². The van der Waals surface area contributed by atoms with Gasteiger partial charge in [-0.2, -0.15) is 0 Å². The van der Waals surface area contributed by atoms with E-state index in [1.807, 2.05) is 31.2 Å². The average Bonchev–Trinajstić information content (AvgIpc) is 3.00. The number of rotatable bonds is 7. The molecule has 3 rings (SSSR count). The molecule has 0 aromatic heterocycles. The van der Waals surface area contributed by atoms with Gasteiger partial charge in [0, 0.05) is 5.56 Å². The Morgan fingerprint density at radius 2 is 2.00 bits per heavy atom. The Labute approximate surface area is 184 Å². The van der Waals surface area contributed by atoms with E-state index >= 15 is 0 Å². The first-order chi connectivity index (χ1) is 14.4. The van der Waals surface area contributed by atoms with Crippen molar-refractivity contribution in [1.82, 2.24) is 0 Å². The van der Waals surface area contributed by atoms with E-state index < -0.39 is 5.97 Å². The third kappa shape index (κ3) is 4.83.